The number of nitrogens with zero attached hydrogens (tertiary/aromatic N) is 5. The van der Waals surface area contributed by atoms with Crippen molar-refractivity contribution in [1.29, 1.82) is 0 Å². The number of rotatable bonds is 12. The smallest absolute Gasteiger partial charge is 0.301 e. The van der Waals surface area contributed by atoms with E-state index in [0.717, 1.165) is 24.0 Å². The first-order chi connectivity index (χ1) is 22.8. The van der Waals surface area contributed by atoms with E-state index in [4.69, 9.17) is 14.5 Å². The molecule has 5 aromatic rings. The zero-order valence-electron chi connectivity index (χ0n) is 26.6. The van der Waals surface area contributed by atoms with Crippen LogP contribution in [0.25, 0.3) is 11.4 Å². The molecule has 3 aromatic heterocycles. The van der Waals surface area contributed by atoms with Crippen molar-refractivity contribution >= 4 is 51.3 Å². The quantitative estimate of drug-likeness (QED) is 0.0365. The van der Waals surface area contributed by atoms with Gasteiger partial charge < -0.3 is 19.0 Å². The third kappa shape index (κ3) is 6.35. The molecular weight excluding hydrogens is 635 g/mol. The van der Waals surface area contributed by atoms with Crippen molar-refractivity contribution in [1.82, 2.24) is 19.6 Å². The summed E-state index contributed by atoms with van der Waals surface area (Å²) in [6.07, 6.45) is 3.71. The van der Waals surface area contributed by atoms with Crippen LogP contribution in [0.5, 0.6) is 11.5 Å². The second-order valence-corrected chi connectivity index (χ2v) is 13.2. The zero-order valence-corrected chi connectivity index (χ0v) is 28.2. The Kier molecular flexibility index (Phi) is 9.60. The first kappa shape index (κ1) is 32.3. The fraction of sp³-hybridized carbons (Fsp3) is 0.286. The maximum absolute atomic E-state index is 13.9. The number of ether oxygens (including phenoxy) is 2. The first-order valence-corrected chi connectivity index (χ1v) is 17.3. The average molecular weight is 670 g/mol. The van der Waals surface area contributed by atoms with Crippen molar-refractivity contribution in [3.63, 3.8) is 0 Å². The van der Waals surface area contributed by atoms with E-state index in [9.17, 15) is 14.7 Å². The summed E-state index contributed by atoms with van der Waals surface area (Å²) < 4.78 is 14.5. The Hall–Kier alpha value is -4.68. The van der Waals surface area contributed by atoms with E-state index in [1.54, 1.807) is 18.2 Å². The number of carbonyl (C=O) groups excluding carboxylic acids is 2. The number of aromatic nitrogens is 4. The van der Waals surface area contributed by atoms with Crippen LogP contribution in [0.3, 0.4) is 0 Å². The number of Topliss-reactive ketones (excluding diaryl/α,β-unsaturated/α-hetero) is 1. The summed E-state index contributed by atoms with van der Waals surface area (Å²) in [6.45, 7) is 8.60. The van der Waals surface area contributed by atoms with Gasteiger partial charge in [0.15, 0.2) is 21.6 Å². The number of thioether (sulfide) groups is 1. The molecule has 1 saturated heterocycles. The van der Waals surface area contributed by atoms with Gasteiger partial charge in [-0.25, -0.2) is 4.98 Å². The van der Waals surface area contributed by atoms with Crippen molar-refractivity contribution < 1.29 is 24.2 Å². The number of hydrogen-bond acceptors (Lipinski definition) is 10. The van der Waals surface area contributed by atoms with Crippen LogP contribution in [0.15, 0.2) is 76.8 Å². The molecule has 2 aromatic carbocycles. The van der Waals surface area contributed by atoms with Gasteiger partial charge in [-0.1, -0.05) is 78.9 Å². The predicted molar refractivity (Wildman–Crippen MR) is 183 cm³/mol. The number of pyridine rings is 1. The largest absolute Gasteiger partial charge is 0.505 e. The van der Waals surface area contributed by atoms with Gasteiger partial charge in [0.1, 0.15) is 11.3 Å². The molecule has 0 radical (unpaired) electrons. The minimum Gasteiger partial charge on any atom is -0.505 e. The molecule has 1 fully saturated rings. The number of imidazole rings is 1. The van der Waals surface area contributed by atoms with Gasteiger partial charge >= 0.3 is 5.91 Å². The summed E-state index contributed by atoms with van der Waals surface area (Å²) in [4.78, 5) is 33.8. The molecule has 0 spiro atoms. The van der Waals surface area contributed by atoms with Crippen molar-refractivity contribution in [3.8, 4) is 11.5 Å². The second kappa shape index (κ2) is 14.0. The number of hydrogen-bond donors (Lipinski definition) is 1. The molecule has 6 rings (SSSR count). The Morgan fingerprint density at radius 3 is 2.55 bits per heavy atom. The molecule has 12 heteroatoms. The summed E-state index contributed by atoms with van der Waals surface area (Å²) in [5.74, 6) is -0.310. The molecule has 1 N–H and O–H groups in total. The van der Waals surface area contributed by atoms with Crippen molar-refractivity contribution in [3.05, 3.63) is 101 Å². The molecule has 0 saturated carbocycles. The number of aliphatic hydroxyl groups excluding tert-OH is 1. The van der Waals surface area contributed by atoms with Crippen molar-refractivity contribution in [2.24, 2.45) is 0 Å². The highest BCUT2D eigenvalue weighted by molar-refractivity contribution is 8.00. The Balaban J connectivity index is 1.46. The zero-order chi connectivity index (χ0) is 33.1. The van der Waals surface area contributed by atoms with Crippen LogP contribution in [-0.4, -0.2) is 49.6 Å². The second-order valence-electron chi connectivity index (χ2n) is 11.1. The van der Waals surface area contributed by atoms with Gasteiger partial charge in [0, 0.05) is 11.9 Å². The Morgan fingerprint density at radius 2 is 1.81 bits per heavy atom. The number of benzene rings is 2. The Bertz CT molecular complexity index is 1970. The number of aliphatic hydroxyl groups is 1. The topological polar surface area (TPSA) is 119 Å². The number of carbonyl (C=O) groups is 2. The third-order valence-electron chi connectivity index (χ3n) is 7.90. The molecule has 1 unspecified atom stereocenters. The highest BCUT2D eigenvalue weighted by atomic mass is 32.2. The lowest BCUT2D eigenvalue weighted by Crippen LogP contribution is -2.29. The summed E-state index contributed by atoms with van der Waals surface area (Å²) in [6, 6.07) is 18.1. The summed E-state index contributed by atoms with van der Waals surface area (Å²) in [5, 5.41) is 20.8. The molecule has 242 valence electrons. The molecule has 1 atom stereocenters. The van der Waals surface area contributed by atoms with Crippen molar-refractivity contribution in [2.45, 2.75) is 56.7 Å². The molecule has 1 amide bonds. The highest BCUT2D eigenvalue weighted by Crippen LogP contribution is 2.46. The number of ketones is 1. The molecular formula is C35H35N5O5S2. The van der Waals surface area contributed by atoms with E-state index in [-0.39, 0.29) is 22.2 Å². The SMILES string of the molecule is CCCCOc1ccc(C2C(=C(O)c3nc4c(C)cccn4c3C)C(=O)C(=O)N2c2nnc(SCc3ccccc3)s2)cc1OCC. The van der Waals surface area contributed by atoms with Crippen LogP contribution in [0.1, 0.15) is 60.8 Å². The fourth-order valence-corrected chi connectivity index (χ4v) is 7.33. The minimum atomic E-state index is -1.02. The van der Waals surface area contributed by atoms with Gasteiger partial charge in [0.05, 0.1) is 30.5 Å². The molecule has 1 aliphatic heterocycles. The third-order valence-corrected chi connectivity index (χ3v) is 10.0. The van der Waals surface area contributed by atoms with Crippen LogP contribution in [0, 0.1) is 13.8 Å². The fourth-order valence-electron chi connectivity index (χ4n) is 5.51. The standard InChI is InChI=1S/C35H35N5O5S2/c1-5-7-18-45-25-16-15-24(19-26(25)44-6-2)29-27(30(41)28-22(4)39-17-11-12-21(3)32(39)36-28)31(42)33(43)40(29)34-37-38-35(47-34)46-20-23-13-9-8-10-14-23/h8-17,19,29,41H,5-7,18,20H2,1-4H3. The number of fused-ring (bicyclic) bond motifs is 1. The van der Waals surface area contributed by atoms with Crippen LogP contribution in [0.4, 0.5) is 5.13 Å². The van der Waals surface area contributed by atoms with Gasteiger partial charge in [0.25, 0.3) is 5.78 Å². The number of aryl methyl sites for hydroxylation is 2. The van der Waals surface area contributed by atoms with Gasteiger partial charge in [-0.15, -0.1) is 10.2 Å². The summed E-state index contributed by atoms with van der Waals surface area (Å²) in [7, 11) is 0. The lowest BCUT2D eigenvalue weighted by atomic mass is 9.96. The maximum Gasteiger partial charge on any atom is 0.301 e. The number of amides is 1. The molecule has 1 aliphatic rings. The van der Waals surface area contributed by atoms with Gasteiger partial charge in [-0.2, -0.15) is 0 Å². The van der Waals surface area contributed by atoms with Crippen LogP contribution in [0.2, 0.25) is 0 Å². The molecule has 47 heavy (non-hydrogen) atoms. The van der Waals surface area contributed by atoms with Gasteiger partial charge in [-0.05, 0) is 62.1 Å². The van der Waals surface area contributed by atoms with Crippen molar-refractivity contribution in [2.75, 3.05) is 18.1 Å². The summed E-state index contributed by atoms with van der Waals surface area (Å²) in [5.41, 5.74) is 3.99. The number of anilines is 1. The molecule has 4 heterocycles. The lowest BCUT2D eigenvalue weighted by Gasteiger charge is -2.23. The Morgan fingerprint density at radius 1 is 1.00 bits per heavy atom. The van der Waals surface area contributed by atoms with Gasteiger partial charge in [-0.3, -0.25) is 14.5 Å². The first-order valence-electron chi connectivity index (χ1n) is 15.5. The van der Waals surface area contributed by atoms with E-state index in [1.807, 2.05) is 73.8 Å². The van der Waals surface area contributed by atoms with Gasteiger partial charge in [0.2, 0.25) is 5.13 Å². The molecule has 10 nitrogen and oxygen atoms in total. The van der Waals surface area contributed by atoms with Crippen LogP contribution >= 0.6 is 23.1 Å². The van der Waals surface area contributed by atoms with Crippen LogP contribution in [-0.2, 0) is 15.3 Å². The van der Waals surface area contributed by atoms with E-state index in [1.165, 1.54) is 28.0 Å². The number of unbranched alkanes of at least 4 members (excludes halogenated alkanes) is 1. The van der Waals surface area contributed by atoms with E-state index in [0.29, 0.717) is 51.7 Å². The monoisotopic (exact) mass is 669 g/mol. The minimum absolute atomic E-state index is 0.0880. The van der Waals surface area contributed by atoms with E-state index < -0.39 is 17.7 Å². The molecule has 0 bridgehead atoms. The van der Waals surface area contributed by atoms with E-state index in [2.05, 4.69) is 17.1 Å². The lowest BCUT2D eigenvalue weighted by molar-refractivity contribution is -0.132. The maximum atomic E-state index is 13.9. The van der Waals surface area contributed by atoms with E-state index >= 15 is 0 Å². The van der Waals surface area contributed by atoms with Crippen LogP contribution < -0.4 is 14.4 Å². The predicted octanol–water partition coefficient (Wildman–Crippen LogP) is 7.30. The highest BCUT2D eigenvalue weighted by Gasteiger charge is 2.49. The molecule has 0 aliphatic carbocycles. The normalized spacial score (nSPS) is 15.9. The Labute approximate surface area is 281 Å². The summed E-state index contributed by atoms with van der Waals surface area (Å²) >= 11 is 2.71. The average Bonchev–Trinajstić information content (AvgIpc) is 3.76.